The Morgan fingerprint density at radius 3 is 2.63 bits per heavy atom. The van der Waals surface area contributed by atoms with Crippen molar-refractivity contribution in [2.24, 2.45) is 0 Å². The molecule has 0 fully saturated rings. The third-order valence-electron chi connectivity index (χ3n) is 2.50. The second kappa shape index (κ2) is 6.15. The fourth-order valence-corrected chi connectivity index (χ4v) is 3.55. The van der Waals surface area contributed by atoms with Gasteiger partial charge in [0.05, 0.1) is 15.8 Å². The fraction of sp³-hybridized carbons (Fsp3) is 0.154. The minimum Gasteiger partial charge on any atom is -0.494 e. The number of halogens is 3. The van der Waals surface area contributed by atoms with E-state index >= 15 is 0 Å². The van der Waals surface area contributed by atoms with Gasteiger partial charge in [-0.25, -0.2) is 4.39 Å². The molecule has 0 radical (unpaired) electrons. The van der Waals surface area contributed by atoms with Gasteiger partial charge in [-0.2, -0.15) is 0 Å². The molecule has 0 spiro atoms. The van der Waals surface area contributed by atoms with Crippen LogP contribution < -0.4 is 4.74 Å². The molecule has 0 aliphatic carbocycles. The molecule has 1 aromatic heterocycles. The summed E-state index contributed by atoms with van der Waals surface area (Å²) < 4.78 is 20.1. The van der Waals surface area contributed by atoms with E-state index in [0.29, 0.717) is 10.4 Å². The van der Waals surface area contributed by atoms with Crippen molar-refractivity contribution in [2.75, 3.05) is 7.11 Å². The molecule has 2 aromatic rings. The van der Waals surface area contributed by atoms with Crippen LogP contribution in [0.5, 0.6) is 5.75 Å². The predicted octanol–water partition coefficient (Wildman–Crippen LogP) is 4.85. The van der Waals surface area contributed by atoms with Crippen molar-refractivity contribution in [1.29, 1.82) is 0 Å². The quantitative estimate of drug-likeness (QED) is 0.677. The van der Waals surface area contributed by atoms with Crippen LogP contribution in [-0.4, -0.2) is 12.9 Å². The van der Waals surface area contributed by atoms with Gasteiger partial charge in [-0.15, -0.1) is 11.3 Å². The average molecular weight is 408 g/mol. The first-order chi connectivity index (χ1) is 9.01. The Morgan fingerprint density at radius 2 is 2.11 bits per heavy atom. The molecule has 0 N–H and O–H groups in total. The second-order valence-corrected chi connectivity index (χ2v) is 7.03. The van der Waals surface area contributed by atoms with Crippen molar-refractivity contribution in [3.8, 4) is 5.75 Å². The van der Waals surface area contributed by atoms with E-state index < -0.39 is 5.82 Å². The third-order valence-corrected chi connectivity index (χ3v) is 5.80. The lowest BCUT2D eigenvalue weighted by atomic mass is 10.1. The molecule has 0 saturated heterocycles. The van der Waals surface area contributed by atoms with Gasteiger partial charge in [0.1, 0.15) is 0 Å². The number of carbonyl (C=O) groups is 1. The number of hydrogen-bond donors (Lipinski definition) is 0. The van der Waals surface area contributed by atoms with Gasteiger partial charge in [0, 0.05) is 10.9 Å². The number of carbonyl (C=O) groups excluding carboxylic acids is 1. The first kappa shape index (κ1) is 14.7. The summed E-state index contributed by atoms with van der Waals surface area (Å²) in [5, 5.41) is 0. The first-order valence-corrected chi connectivity index (χ1v) is 7.72. The van der Waals surface area contributed by atoms with E-state index in [1.165, 1.54) is 30.6 Å². The standard InChI is InChI=1S/C13H9Br2FO2S/c1-18-11-3-2-7(4-9(11)16)5-10(17)12-6-8(14)13(15)19-12/h2-4,6H,5H2,1H3. The van der Waals surface area contributed by atoms with E-state index in [0.717, 1.165) is 8.26 Å². The zero-order chi connectivity index (χ0) is 14.0. The minimum atomic E-state index is -0.457. The molecule has 6 heteroatoms. The summed E-state index contributed by atoms with van der Waals surface area (Å²) in [5.41, 5.74) is 0.629. The zero-order valence-corrected chi connectivity index (χ0v) is 13.9. The van der Waals surface area contributed by atoms with Crippen LogP contribution in [0, 0.1) is 5.82 Å². The summed E-state index contributed by atoms with van der Waals surface area (Å²) >= 11 is 8.03. The number of Topliss-reactive ketones (excluding diaryl/α,β-unsaturated/α-hetero) is 1. The largest absolute Gasteiger partial charge is 0.494 e. The average Bonchev–Trinajstić information content (AvgIpc) is 2.70. The van der Waals surface area contributed by atoms with Crippen molar-refractivity contribution in [3.05, 3.63) is 48.8 Å². The molecule has 1 heterocycles. The number of ketones is 1. The van der Waals surface area contributed by atoms with Crippen LogP contribution in [0.2, 0.25) is 0 Å². The molecule has 2 rings (SSSR count). The van der Waals surface area contributed by atoms with Crippen molar-refractivity contribution >= 4 is 49.0 Å². The molecule has 0 aliphatic rings. The highest BCUT2D eigenvalue weighted by Crippen LogP contribution is 2.33. The van der Waals surface area contributed by atoms with Crippen molar-refractivity contribution in [3.63, 3.8) is 0 Å². The lowest BCUT2D eigenvalue weighted by molar-refractivity contribution is 0.0996. The molecular weight excluding hydrogens is 399 g/mol. The Morgan fingerprint density at radius 1 is 1.37 bits per heavy atom. The van der Waals surface area contributed by atoms with Crippen molar-refractivity contribution in [1.82, 2.24) is 0 Å². The van der Waals surface area contributed by atoms with Crippen LogP contribution in [-0.2, 0) is 6.42 Å². The Kier molecular flexibility index (Phi) is 4.76. The number of benzene rings is 1. The Bertz CT molecular complexity index is 606. The van der Waals surface area contributed by atoms with Crippen molar-refractivity contribution in [2.45, 2.75) is 6.42 Å². The normalized spacial score (nSPS) is 10.5. The Hall–Kier alpha value is -0.720. The Labute approximate surface area is 130 Å². The molecule has 0 aliphatic heterocycles. The second-order valence-electron chi connectivity index (χ2n) is 3.80. The summed E-state index contributed by atoms with van der Waals surface area (Å²) in [4.78, 5) is 12.7. The van der Waals surface area contributed by atoms with Gasteiger partial charge >= 0.3 is 0 Å². The monoisotopic (exact) mass is 406 g/mol. The molecule has 0 unspecified atom stereocenters. The SMILES string of the molecule is COc1ccc(CC(=O)c2cc(Br)c(Br)s2)cc1F. The molecule has 100 valence electrons. The number of ether oxygens (including phenoxy) is 1. The summed E-state index contributed by atoms with van der Waals surface area (Å²) in [6.45, 7) is 0. The smallest absolute Gasteiger partial charge is 0.177 e. The number of thiophene rings is 1. The maximum Gasteiger partial charge on any atom is 0.177 e. The minimum absolute atomic E-state index is 0.0408. The van der Waals surface area contributed by atoms with E-state index in [-0.39, 0.29) is 18.0 Å². The lowest BCUT2D eigenvalue weighted by Gasteiger charge is -2.04. The Balaban J connectivity index is 2.17. The molecule has 1 aromatic carbocycles. The van der Waals surface area contributed by atoms with Crippen molar-refractivity contribution < 1.29 is 13.9 Å². The molecule has 0 bridgehead atoms. The van der Waals surface area contributed by atoms with Crippen LogP contribution in [0.3, 0.4) is 0 Å². The van der Waals surface area contributed by atoms with E-state index in [4.69, 9.17) is 4.74 Å². The number of methoxy groups -OCH3 is 1. The molecule has 0 amide bonds. The third kappa shape index (κ3) is 3.43. The highest BCUT2D eigenvalue weighted by Gasteiger charge is 2.13. The lowest BCUT2D eigenvalue weighted by Crippen LogP contribution is -2.02. The van der Waals surface area contributed by atoms with E-state index in [2.05, 4.69) is 31.9 Å². The maximum absolute atomic E-state index is 13.5. The summed E-state index contributed by atoms with van der Waals surface area (Å²) in [6.07, 6.45) is 0.167. The fourth-order valence-electron chi connectivity index (χ4n) is 1.58. The summed E-state index contributed by atoms with van der Waals surface area (Å²) in [7, 11) is 1.41. The van der Waals surface area contributed by atoms with Crippen LogP contribution in [0.15, 0.2) is 32.5 Å². The molecular formula is C13H9Br2FO2S. The molecule has 2 nitrogen and oxygen atoms in total. The molecule has 0 atom stereocenters. The molecule has 19 heavy (non-hydrogen) atoms. The van der Waals surface area contributed by atoms with Gasteiger partial charge < -0.3 is 4.74 Å². The zero-order valence-electron chi connectivity index (χ0n) is 9.88. The van der Waals surface area contributed by atoms with Crippen LogP contribution in [0.4, 0.5) is 4.39 Å². The van der Waals surface area contributed by atoms with Gasteiger partial charge in [-0.3, -0.25) is 4.79 Å². The van der Waals surface area contributed by atoms with Gasteiger partial charge in [-0.1, -0.05) is 6.07 Å². The summed E-state index contributed by atoms with van der Waals surface area (Å²) in [5.74, 6) is -0.319. The van der Waals surface area contributed by atoms with Gasteiger partial charge in [0.2, 0.25) is 0 Å². The number of hydrogen-bond acceptors (Lipinski definition) is 3. The van der Waals surface area contributed by atoms with E-state index in [9.17, 15) is 9.18 Å². The topological polar surface area (TPSA) is 26.3 Å². The highest BCUT2D eigenvalue weighted by atomic mass is 79.9. The molecule has 0 saturated carbocycles. The van der Waals surface area contributed by atoms with Crippen LogP contribution in [0.25, 0.3) is 0 Å². The first-order valence-electron chi connectivity index (χ1n) is 5.31. The maximum atomic E-state index is 13.5. The van der Waals surface area contributed by atoms with E-state index in [1.54, 1.807) is 12.1 Å². The van der Waals surface area contributed by atoms with E-state index in [1.807, 2.05) is 0 Å². The van der Waals surface area contributed by atoms with Crippen LogP contribution in [0.1, 0.15) is 15.2 Å². The number of rotatable bonds is 4. The van der Waals surface area contributed by atoms with Gasteiger partial charge in [-0.05, 0) is 55.6 Å². The van der Waals surface area contributed by atoms with Gasteiger partial charge in [0.25, 0.3) is 0 Å². The predicted molar refractivity (Wildman–Crippen MR) is 80.7 cm³/mol. The highest BCUT2D eigenvalue weighted by molar-refractivity contribution is 9.13. The van der Waals surface area contributed by atoms with Gasteiger partial charge in [0.15, 0.2) is 17.3 Å². The summed E-state index contributed by atoms with van der Waals surface area (Å²) in [6, 6.07) is 6.31. The van der Waals surface area contributed by atoms with Crippen LogP contribution >= 0.6 is 43.2 Å².